The zero-order valence-electron chi connectivity index (χ0n) is 16.0. The molecule has 6 heteroatoms. The van der Waals surface area contributed by atoms with Gasteiger partial charge in [-0.1, -0.05) is 12.1 Å². The van der Waals surface area contributed by atoms with Gasteiger partial charge in [-0.2, -0.15) is 0 Å². The van der Waals surface area contributed by atoms with Crippen LogP contribution in [0.4, 0.5) is 4.79 Å². The normalized spacial score (nSPS) is 23.0. The Kier molecular flexibility index (Phi) is 5.39. The molecule has 0 aliphatic carbocycles. The molecule has 0 aromatic heterocycles. The first kappa shape index (κ1) is 18.5. The fraction of sp³-hybridized carbons (Fsp3) is 0.600. The fourth-order valence-electron chi connectivity index (χ4n) is 4.06. The average Bonchev–Trinajstić information content (AvgIpc) is 3.04. The minimum Gasteiger partial charge on any atom is -0.497 e. The summed E-state index contributed by atoms with van der Waals surface area (Å²) in [6.45, 7) is 6.44. The molecule has 0 radical (unpaired) electrons. The molecule has 3 amide bonds. The smallest absolute Gasteiger partial charge is 0.317 e. The van der Waals surface area contributed by atoms with Crippen LogP contribution in [0.2, 0.25) is 0 Å². The monoisotopic (exact) mass is 359 g/mol. The third kappa shape index (κ3) is 3.79. The van der Waals surface area contributed by atoms with E-state index in [2.05, 4.69) is 5.32 Å². The molecule has 1 atom stereocenters. The number of ether oxygens (including phenoxy) is 1. The van der Waals surface area contributed by atoms with Crippen molar-refractivity contribution in [3.8, 4) is 5.75 Å². The second kappa shape index (κ2) is 7.56. The number of benzene rings is 1. The minimum atomic E-state index is -0.411. The molecular formula is C20H29N3O3. The lowest BCUT2D eigenvalue weighted by molar-refractivity contribution is -0.146. The standard InChI is InChI=1S/C20H29N3O3/c1-15(2)21-19(25)23-11-9-20(14-23)8-5-10-22(18(20)24)13-16-6-4-7-17(12-16)26-3/h4,6-7,12,15H,5,8-11,13-14H2,1-3H3,(H,21,25). The number of hydrogen-bond donors (Lipinski definition) is 1. The molecule has 142 valence electrons. The Morgan fingerprint density at radius 3 is 2.85 bits per heavy atom. The Bertz CT molecular complexity index is 676. The molecule has 1 spiro atoms. The number of methoxy groups -OCH3 is 1. The Balaban J connectivity index is 1.68. The van der Waals surface area contributed by atoms with Crippen molar-refractivity contribution in [3.63, 3.8) is 0 Å². The van der Waals surface area contributed by atoms with Crippen molar-refractivity contribution < 1.29 is 14.3 Å². The quantitative estimate of drug-likeness (QED) is 0.899. The van der Waals surface area contributed by atoms with E-state index in [0.29, 0.717) is 19.6 Å². The topological polar surface area (TPSA) is 61.9 Å². The van der Waals surface area contributed by atoms with Gasteiger partial charge in [0.2, 0.25) is 5.91 Å². The fourth-order valence-corrected chi connectivity index (χ4v) is 4.06. The molecule has 0 bridgehead atoms. The lowest BCUT2D eigenvalue weighted by Crippen LogP contribution is -2.51. The van der Waals surface area contributed by atoms with Gasteiger partial charge in [-0.3, -0.25) is 4.79 Å². The van der Waals surface area contributed by atoms with Crippen molar-refractivity contribution >= 4 is 11.9 Å². The summed E-state index contributed by atoms with van der Waals surface area (Å²) in [5, 5.41) is 2.93. The number of piperidine rings is 1. The number of rotatable bonds is 4. The maximum atomic E-state index is 13.2. The lowest BCUT2D eigenvalue weighted by Gasteiger charge is -2.39. The van der Waals surface area contributed by atoms with Crippen molar-refractivity contribution in [1.82, 2.24) is 15.1 Å². The lowest BCUT2D eigenvalue weighted by atomic mass is 9.78. The molecule has 1 aromatic rings. The van der Waals surface area contributed by atoms with Gasteiger partial charge in [-0.05, 0) is 50.8 Å². The van der Waals surface area contributed by atoms with Gasteiger partial charge in [0.1, 0.15) is 5.75 Å². The van der Waals surface area contributed by atoms with Gasteiger partial charge < -0.3 is 19.9 Å². The number of carbonyl (C=O) groups is 2. The van der Waals surface area contributed by atoms with E-state index in [9.17, 15) is 9.59 Å². The van der Waals surface area contributed by atoms with E-state index in [0.717, 1.165) is 37.1 Å². The number of amides is 3. The Labute approximate surface area is 155 Å². The third-order valence-corrected chi connectivity index (χ3v) is 5.38. The number of likely N-dealkylation sites (tertiary alicyclic amines) is 2. The van der Waals surface area contributed by atoms with E-state index >= 15 is 0 Å². The van der Waals surface area contributed by atoms with Crippen LogP contribution in [0, 0.1) is 5.41 Å². The van der Waals surface area contributed by atoms with E-state index < -0.39 is 5.41 Å². The van der Waals surface area contributed by atoms with Crippen LogP contribution < -0.4 is 10.1 Å². The maximum absolute atomic E-state index is 13.2. The van der Waals surface area contributed by atoms with E-state index in [-0.39, 0.29) is 18.0 Å². The van der Waals surface area contributed by atoms with E-state index in [1.165, 1.54) is 0 Å². The molecule has 2 aliphatic rings. The summed E-state index contributed by atoms with van der Waals surface area (Å²) in [6.07, 6.45) is 2.60. The molecule has 2 saturated heterocycles. The van der Waals surface area contributed by atoms with Crippen LogP contribution >= 0.6 is 0 Å². The van der Waals surface area contributed by atoms with E-state index in [4.69, 9.17) is 4.74 Å². The van der Waals surface area contributed by atoms with Crippen LogP contribution in [0.1, 0.15) is 38.7 Å². The SMILES string of the molecule is COc1cccc(CN2CCCC3(CCN(C(=O)NC(C)C)C3)C2=O)c1. The summed E-state index contributed by atoms with van der Waals surface area (Å²) in [4.78, 5) is 29.3. The molecule has 6 nitrogen and oxygen atoms in total. The highest BCUT2D eigenvalue weighted by molar-refractivity contribution is 5.86. The molecule has 2 aliphatic heterocycles. The van der Waals surface area contributed by atoms with Crippen molar-refractivity contribution in [2.45, 2.75) is 45.7 Å². The summed E-state index contributed by atoms with van der Waals surface area (Å²) < 4.78 is 5.28. The third-order valence-electron chi connectivity index (χ3n) is 5.38. The number of carbonyl (C=O) groups excluding carboxylic acids is 2. The zero-order chi connectivity index (χ0) is 18.7. The first-order chi connectivity index (χ1) is 12.4. The summed E-state index contributed by atoms with van der Waals surface area (Å²) in [5.74, 6) is 0.991. The maximum Gasteiger partial charge on any atom is 0.317 e. The molecule has 3 rings (SSSR count). The molecule has 1 N–H and O–H groups in total. The van der Waals surface area contributed by atoms with E-state index in [1.54, 1.807) is 12.0 Å². The van der Waals surface area contributed by atoms with Crippen LogP contribution in [0.5, 0.6) is 5.75 Å². The summed E-state index contributed by atoms with van der Waals surface area (Å²) in [6, 6.07) is 7.90. The predicted octanol–water partition coefficient (Wildman–Crippen LogP) is 2.63. The summed E-state index contributed by atoms with van der Waals surface area (Å²) in [7, 11) is 1.65. The summed E-state index contributed by atoms with van der Waals surface area (Å²) >= 11 is 0. The number of hydrogen-bond acceptors (Lipinski definition) is 3. The summed E-state index contributed by atoms with van der Waals surface area (Å²) in [5.41, 5.74) is 0.660. The van der Waals surface area contributed by atoms with Crippen LogP contribution in [-0.4, -0.2) is 54.5 Å². The first-order valence-electron chi connectivity index (χ1n) is 9.41. The minimum absolute atomic E-state index is 0.0606. The molecule has 0 saturated carbocycles. The number of urea groups is 1. The average molecular weight is 359 g/mol. The Morgan fingerprint density at radius 1 is 1.31 bits per heavy atom. The molecule has 1 unspecified atom stereocenters. The molecule has 2 heterocycles. The van der Waals surface area contributed by atoms with Crippen LogP contribution in [-0.2, 0) is 11.3 Å². The van der Waals surface area contributed by atoms with Crippen molar-refractivity contribution in [2.24, 2.45) is 5.41 Å². The number of nitrogens with one attached hydrogen (secondary N) is 1. The second-order valence-corrected chi connectivity index (χ2v) is 7.74. The highest BCUT2D eigenvalue weighted by Crippen LogP contribution is 2.40. The van der Waals surface area contributed by atoms with Gasteiger partial charge in [0.15, 0.2) is 0 Å². The highest BCUT2D eigenvalue weighted by atomic mass is 16.5. The number of nitrogens with zero attached hydrogens (tertiary/aromatic N) is 2. The van der Waals surface area contributed by atoms with Gasteiger partial charge in [-0.25, -0.2) is 4.79 Å². The van der Waals surface area contributed by atoms with Crippen LogP contribution in [0.15, 0.2) is 24.3 Å². The molecule has 1 aromatic carbocycles. The Morgan fingerprint density at radius 2 is 2.12 bits per heavy atom. The molecule has 26 heavy (non-hydrogen) atoms. The van der Waals surface area contributed by atoms with Crippen LogP contribution in [0.3, 0.4) is 0 Å². The van der Waals surface area contributed by atoms with Gasteiger partial charge in [0.25, 0.3) is 0 Å². The first-order valence-corrected chi connectivity index (χ1v) is 9.41. The van der Waals surface area contributed by atoms with Crippen LogP contribution in [0.25, 0.3) is 0 Å². The van der Waals surface area contributed by atoms with Crippen molar-refractivity contribution in [2.75, 3.05) is 26.7 Å². The van der Waals surface area contributed by atoms with Gasteiger partial charge in [0.05, 0.1) is 12.5 Å². The predicted molar refractivity (Wildman–Crippen MR) is 99.9 cm³/mol. The van der Waals surface area contributed by atoms with Gasteiger partial charge in [0, 0.05) is 32.2 Å². The highest BCUT2D eigenvalue weighted by Gasteiger charge is 2.49. The van der Waals surface area contributed by atoms with Crippen molar-refractivity contribution in [1.29, 1.82) is 0 Å². The van der Waals surface area contributed by atoms with Crippen molar-refractivity contribution in [3.05, 3.63) is 29.8 Å². The molecular weight excluding hydrogens is 330 g/mol. The van der Waals surface area contributed by atoms with E-state index in [1.807, 2.05) is 43.0 Å². The van der Waals surface area contributed by atoms with Gasteiger partial charge in [-0.15, -0.1) is 0 Å². The van der Waals surface area contributed by atoms with Gasteiger partial charge >= 0.3 is 6.03 Å². The molecule has 2 fully saturated rings. The zero-order valence-corrected chi connectivity index (χ0v) is 16.0. The Hall–Kier alpha value is -2.24. The largest absolute Gasteiger partial charge is 0.497 e. The second-order valence-electron chi connectivity index (χ2n) is 7.74.